The van der Waals surface area contributed by atoms with E-state index in [0.717, 1.165) is 13.0 Å². The van der Waals surface area contributed by atoms with Crippen molar-refractivity contribution in [1.29, 1.82) is 5.41 Å². The fourth-order valence-corrected chi connectivity index (χ4v) is 2.32. The Morgan fingerprint density at radius 2 is 1.83 bits per heavy atom. The molecule has 0 atom stereocenters. The monoisotopic (exact) mass is 165 g/mol. The quantitative estimate of drug-likeness (QED) is 0.573. The second-order valence-electron chi connectivity index (χ2n) is 3.90. The number of hydrogen-bond acceptors (Lipinski definition) is 2. The van der Waals surface area contributed by atoms with Crippen LogP contribution in [0.4, 0.5) is 0 Å². The molecule has 0 aromatic rings. The van der Waals surface area contributed by atoms with Crippen molar-refractivity contribution in [2.45, 2.75) is 38.5 Å². The van der Waals surface area contributed by atoms with Crippen LogP contribution in [-0.4, -0.2) is 12.4 Å². The van der Waals surface area contributed by atoms with Crippen LogP contribution in [0.15, 0.2) is 10.2 Å². The summed E-state index contributed by atoms with van der Waals surface area (Å²) in [6.45, 7) is 0.836. The summed E-state index contributed by atoms with van der Waals surface area (Å²) < 4.78 is 0. The standard InChI is InChI=1S/C9H15N3/c10-8-9(6-7-11-12-8)4-2-1-3-5-9/h10H,1-7H2. The van der Waals surface area contributed by atoms with Crippen molar-refractivity contribution in [3.05, 3.63) is 0 Å². The minimum absolute atomic E-state index is 0.139. The van der Waals surface area contributed by atoms with Gasteiger partial charge in [-0.05, 0) is 19.3 Å². The zero-order valence-corrected chi connectivity index (χ0v) is 7.34. The van der Waals surface area contributed by atoms with Crippen molar-refractivity contribution in [3.8, 4) is 0 Å². The van der Waals surface area contributed by atoms with Crippen molar-refractivity contribution in [2.75, 3.05) is 6.54 Å². The van der Waals surface area contributed by atoms with E-state index < -0.39 is 0 Å². The summed E-state index contributed by atoms with van der Waals surface area (Å²) in [6, 6.07) is 0. The lowest BCUT2D eigenvalue weighted by Gasteiger charge is -2.36. The normalized spacial score (nSPS) is 27.8. The van der Waals surface area contributed by atoms with Crippen LogP contribution < -0.4 is 0 Å². The summed E-state index contributed by atoms with van der Waals surface area (Å²) in [6.07, 6.45) is 7.30. The Bertz CT molecular complexity index is 214. The summed E-state index contributed by atoms with van der Waals surface area (Å²) in [5, 5.41) is 15.6. The van der Waals surface area contributed by atoms with Crippen LogP contribution in [0.2, 0.25) is 0 Å². The molecule has 0 amide bonds. The third-order valence-electron chi connectivity index (χ3n) is 3.17. The van der Waals surface area contributed by atoms with Gasteiger partial charge in [0.05, 0.1) is 6.54 Å². The number of hydrogen-bond donors (Lipinski definition) is 1. The fraction of sp³-hybridized carbons (Fsp3) is 0.889. The molecule has 1 spiro atoms. The third-order valence-corrected chi connectivity index (χ3v) is 3.17. The molecular weight excluding hydrogens is 150 g/mol. The molecule has 1 aliphatic carbocycles. The average molecular weight is 165 g/mol. The first-order chi connectivity index (χ1) is 5.83. The highest BCUT2D eigenvalue weighted by molar-refractivity contribution is 5.86. The Morgan fingerprint density at radius 3 is 2.50 bits per heavy atom. The van der Waals surface area contributed by atoms with E-state index in [1.807, 2.05) is 0 Å². The van der Waals surface area contributed by atoms with Crippen molar-refractivity contribution in [3.63, 3.8) is 0 Å². The first kappa shape index (κ1) is 7.90. The van der Waals surface area contributed by atoms with Crippen LogP contribution in [0, 0.1) is 10.8 Å². The lowest BCUT2D eigenvalue weighted by atomic mass is 9.70. The predicted molar refractivity (Wildman–Crippen MR) is 47.6 cm³/mol. The molecule has 1 heterocycles. The highest BCUT2D eigenvalue weighted by Gasteiger charge is 2.37. The summed E-state index contributed by atoms with van der Waals surface area (Å²) in [4.78, 5) is 0. The molecule has 66 valence electrons. The Morgan fingerprint density at radius 1 is 1.08 bits per heavy atom. The Kier molecular flexibility index (Phi) is 1.95. The van der Waals surface area contributed by atoms with Gasteiger partial charge < -0.3 is 0 Å². The summed E-state index contributed by atoms with van der Waals surface area (Å²) in [5.41, 5.74) is 0.139. The molecule has 12 heavy (non-hydrogen) atoms. The van der Waals surface area contributed by atoms with E-state index in [-0.39, 0.29) is 5.41 Å². The number of amidine groups is 1. The molecule has 2 aliphatic rings. The Hall–Kier alpha value is -0.730. The topological polar surface area (TPSA) is 48.6 Å². The highest BCUT2D eigenvalue weighted by atomic mass is 15.2. The molecule has 0 aromatic heterocycles. The third kappa shape index (κ3) is 1.17. The van der Waals surface area contributed by atoms with Gasteiger partial charge in [0, 0.05) is 5.41 Å². The zero-order chi connectivity index (χ0) is 8.44. The fourth-order valence-electron chi connectivity index (χ4n) is 2.32. The first-order valence-electron chi connectivity index (χ1n) is 4.80. The van der Waals surface area contributed by atoms with Crippen molar-refractivity contribution in [1.82, 2.24) is 0 Å². The summed E-state index contributed by atoms with van der Waals surface area (Å²) >= 11 is 0. The molecule has 1 saturated carbocycles. The Labute approximate surface area is 72.8 Å². The molecule has 1 aliphatic heterocycles. The van der Waals surface area contributed by atoms with Gasteiger partial charge in [-0.2, -0.15) is 5.11 Å². The lowest BCUT2D eigenvalue weighted by molar-refractivity contribution is 0.256. The van der Waals surface area contributed by atoms with E-state index in [4.69, 9.17) is 5.41 Å². The molecule has 0 bridgehead atoms. The van der Waals surface area contributed by atoms with E-state index in [9.17, 15) is 0 Å². The molecule has 3 heteroatoms. The number of azo groups is 1. The maximum atomic E-state index is 7.77. The minimum Gasteiger partial charge on any atom is -0.285 e. The number of nitrogens with zero attached hydrogens (tertiary/aromatic N) is 2. The van der Waals surface area contributed by atoms with Gasteiger partial charge in [-0.25, -0.2) is 0 Å². The van der Waals surface area contributed by atoms with Gasteiger partial charge in [0.15, 0.2) is 0 Å². The molecule has 1 N–H and O–H groups in total. The summed E-state index contributed by atoms with van der Waals surface area (Å²) in [7, 11) is 0. The zero-order valence-electron chi connectivity index (χ0n) is 7.34. The van der Waals surface area contributed by atoms with Gasteiger partial charge in [-0.1, -0.05) is 19.3 Å². The van der Waals surface area contributed by atoms with E-state index in [1.165, 1.54) is 32.1 Å². The molecule has 3 nitrogen and oxygen atoms in total. The van der Waals surface area contributed by atoms with Crippen LogP contribution in [0.25, 0.3) is 0 Å². The maximum absolute atomic E-state index is 7.77. The van der Waals surface area contributed by atoms with E-state index >= 15 is 0 Å². The first-order valence-corrected chi connectivity index (χ1v) is 4.80. The molecule has 0 aromatic carbocycles. The van der Waals surface area contributed by atoms with Crippen molar-refractivity contribution < 1.29 is 0 Å². The molecule has 0 saturated heterocycles. The summed E-state index contributed by atoms with van der Waals surface area (Å²) in [5.74, 6) is 0.549. The molecule has 0 unspecified atom stereocenters. The smallest absolute Gasteiger partial charge is 0.149 e. The SMILES string of the molecule is N=C1N=NCCC12CCCCC2. The number of rotatable bonds is 0. The van der Waals surface area contributed by atoms with Crippen LogP contribution in [0.5, 0.6) is 0 Å². The lowest BCUT2D eigenvalue weighted by Crippen LogP contribution is -2.34. The predicted octanol–water partition coefficient (Wildman–Crippen LogP) is 2.77. The highest BCUT2D eigenvalue weighted by Crippen LogP contribution is 2.42. The second-order valence-corrected chi connectivity index (χ2v) is 3.90. The van der Waals surface area contributed by atoms with Crippen LogP contribution in [-0.2, 0) is 0 Å². The minimum atomic E-state index is 0.139. The van der Waals surface area contributed by atoms with Gasteiger partial charge in [0.2, 0.25) is 0 Å². The van der Waals surface area contributed by atoms with Gasteiger partial charge in [0.1, 0.15) is 5.84 Å². The van der Waals surface area contributed by atoms with Gasteiger partial charge >= 0.3 is 0 Å². The van der Waals surface area contributed by atoms with Gasteiger partial charge in [0.25, 0.3) is 0 Å². The van der Waals surface area contributed by atoms with E-state index in [1.54, 1.807) is 0 Å². The average Bonchev–Trinajstić information content (AvgIpc) is 2.12. The van der Waals surface area contributed by atoms with Gasteiger partial charge in [-0.3, -0.25) is 5.41 Å². The Balaban J connectivity index is 2.17. The van der Waals surface area contributed by atoms with Crippen LogP contribution >= 0.6 is 0 Å². The number of nitrogens with one attached hydrogen (secondary N) is 1. The van der Waals surface area contributed by atoms with Crippen LogP contribution in [0.3, 0.4) is 0 Å². The van der Waals surface area contributed by atoms with Gasteiger partial charge in [-0.15, -0.1) is 5.11 Å². The largest absolute Gasteiger partial charge is 0.285 e. The van der Waals surface area contributed by atoms with E-state index in [2.05, 4.69) is 10.2 Å². The van der Waals surface area contributed by atoms with Crippen molar-refractivity contribution in [2.24, 2.45) is 15.6 Å². The maximum Gasteiger partial charge on any atom is 0.149 e. The molecule has 0 radical (unpaired) electrons. The second kappa shape index (κ2) is 2.96. The van der Waals surface area contributed by atoms with Crippen LogP contribution in [0.1, 0.15) is 38.5 Å². The molecule has 1 fully saturated rings. The molecular formula is C9H15N3. The van der Waals surface area contributed by atoms with Crippen molar-refractivity contribution >= 4 is 5.84 Å². The molecule has 2 rings (SSSR count). The van der Waals surface area contributed by atoms with E-state index in [0.29, 0.717) is 5.84 Å².